The van der Waals surface area contributed by atoms with E-state index in [0.717, 1.165) is 24.0 Å². The molecule has 0 saturated carbocycles. The van der Waals surface area contributed by atoms with E-state index >= 15 is 0 Å². The van der Waals surface area contributed by atoms with Crippen LogP contribution in [0.4, 0.5) is 0 Å². The topological polar surface area (TPSA) is 32.6 Å². The second-order valence-electron chi connectivity index (χ2n) is 6.30. The van der Waals surface area contributed by atoms with E-state index in [0.29, 0.717) is 0 Å². The number of aliphatic imine (C=N–C) groups is 1. The highest BCUT2D eigenvalue weighted by molar-refractivity contribution is 5.60. The maximum atomic E-state index is 10.1. The molecule has 1 aliphatic heterocycles. The number of nitrogens with zero attached hydrogens (tertiary/aromatic N) is 2. The van der Waals surface area contributed by atoms with Crippen molar-refractivity contribution in [1.29, 1.82) is 0 Å². The lowest BCUT2D eigenvalue weighted by Crippen LogP contribution is -2.57. The van der Waals surface area contributed by atoms with Crippen LogP contribution in [0.25, 0.3) is 0 Å². The van der Waals surface area contributed by atoms with Crippen LogP contribution < -0.4 is 0 Å². The summed E-state index contributed by atoms with van der Waals surface area (Å²) in [5.41, 5.74) is 0. The summed E-state index contributed by atoms with van der Waals surface area (Å²) in [7, 11) is 0. The van der Waals surface area contributed by atoms with Crippen molar-refractivity contribution in [2.24, 2.45) is 4.99 Å². The van der Waals surface area contributed by atoms with Gasteiger partial charge in [-0.2, -0.15) is 0 Å². The Bertz CT molecular complexity index is 325. The molecule has 3 atom stereocenters. The summed E-state index contributed by atoms with van der Waals surface area (Å²) in [6.07, 6.45) is 16.6. The monoisotopic (exact) mass is 295 g/mol. The Labute approximate surface area is 131 Å². The van der Waals surface area contributed by atoms with E-state index in [4.69, 9.17) is 0 Å². The van der Waals surface area contributed by atoms with Crippen molar-refractivity contribution in [3.63, 3.8) is 0 Å². The number of rotatable bonds is 11. The Morgan fingerprint density at radius 1 is 1.19 bits per heavy atom. The third-order valence-corrected chi connectivity index (χ3v) is 4.85. The van der Waals surface area contributed by atoms with Gasteiger partial charge in [-0.15, -0.1) is 0 Å². The molecule has 0 bridgehead atoms. The van der Waals surface area contributed by atoms with Gasteiger partial charge in [-0.3, -0.25) is 4.48 Å². The van der Waals surface area contributed by atoms with Crippen molar-refractivity contribution < 1.29 is 9.59 Å². The molecule has 3 unspecified atom stereocenters. The van der Waals surface area contributed by atoms with Crippen molar-refractivity contribution in [1.82, 2.24) is 0 Å². The molecule has 0 radical (unpaired) electrons. The zero-order chi connectivity index (χ0) is 15.6. The SMILES string of the molecule is CCCCC/C=C/CCCCC1N=CC[N+]1(CC)C(C)O. The first kappa shape index (κ1) is 18.4. The maximum absolute atomic E-state index is 10.1. The summed E-state index contributed by atoms with van der Waals surface area (Å²) in [6.45, 7) is 8.16. The smallest absolute Gasteiger partial charge is 0.189 e. The second-order valence-corrected chi connectivity index (χ2v) is 6.30. The van der Waals surface area contributed by atoms with Crippen LogP contribution in [-0.2, 0) is 0 Å². The molecular formula is C18H35N2O+. The Hall–Kier alpha value is -0.670. The average Bonchev–Trinajstić information content (AvgIpc) is 2.89. The normalized spacial score (nSPS) is 26.8. The summed E-state index contributed by atoms with van der Waals surface area (Å²) in [5.74, 6) is 0. The first-order valence-corrected chi connectivity index (χ1v) is 8.88. The van der Waals surface area contributed by atoms with Crippen LogP contribution in [0.2, 0.25) is 0 Å². The van der Waals surface area contributed by atoms with Gasteiger partial charge in [0, 0.05) is 13.3 Å². The minimum absolute atomic E-state index is 0.267. The van der Waals surface area contributed by atoms with Gasteiger partial charge >= 0.3 is 0 Å². The van der Waals surface area contributed by atoms with Crippen molar-refractivity contribution in [3.05, 3.63) is 12.2 Å². The van der Waals surface area contributed by atoms with Gasteiger partial charge in [0.2, 0.25) is 0 Å². The standard InChI is InChI=1S/C18H35N2O/c1-4-6-7-8-9-10-11-12-13-14-18-19-15-16-20(18,5-2)17(3)21/h9-10,15,17-18,21H,4-8,11-14,16H2,1-3H3/q+1/b10-9+. The lowest BCUT2D eigenvalue weighted by atomic mass is 10.1. The number of unbranched alkanes of at least 4 members (excludes halogenated alkanes) is 5. The fraction of sp³-hybridized carbons (Fsp3) is 0.833. The van der Waals surface area contributed by atoms with E-state index in [-0.39, 0.29) is 12.4 Å². The molecule has 0 aromatic carbocycles. The molecule has 0 aliphatic carbocycles. The lowest BCUT2D eigenvalue weighted by Gasteiger charge is -2.40. The Morgan fingerprint density at radius 3 is 2.43 bits per heavy atom. The van der Waals surface area contributed by atoms with Crippen LogP contribution in [0.1, 0.15) is 72.1 Å². The Balaban J connectivity index is 2.18. The average molecular weight is 295 g/mol. The van der Waals surface area contributed by atoms with Crippen molar-refractivity contribution in [2.75, 3.05) is 13.1 Å². The molecule has 0 aromatic heterocycles. The molecule has 21 heavy (non-hydrogen) atoms. The third kappa shape index (κ3) is 5.55. The number of aliphatic hydroxyl groups is 1. The molecule has 0 saturated heterocycles. The van der Waals surface area contributed by atoms with Crippen LogP contribution in [0, 0.1) is 0 Å². The van der Waals surface area contributed by atoms with Crippen LogP contribution in [-0.4, -0.2) is 41.3 Å². The highest BCUT2D eigenvalue weighted by Gasteiger charge is 2.41. The van der Waals surface area contributed by atoms with Gasteiger partial charge in [-0.05, 0) is 39.0 Å². The minimum Gasteiger partial charge on any atom is -0.345 e. The molecule has 1 aliphatic rings. The van der Waals surface area contributed by atoms with Crippen molar-refractivity contribution in [2.45, 2.75) is 84.5 Å². The molecule has 3 nitrogen and oxygen atoms in total. The van der Waals surface area contributed by atoms with Crippen LogP contribution in [0.3, 0.4) is 0 Å². The molecular weight excluding hydrogens is 260 g/mol. The zero-order valence-corrected chi connectivity index (χ0v) is 14.3. The number of aliphatic hydroxyl groups excluding tert-OH is 1. The van der Waals surface area contributed by atoms with E-state index in [1.165, 1.54) is 44.9 Å². The van der Waals surface area contributed by atoms with Gasteiger partial charge in [0.15, 0.2) is 12.4 Å². The van der Waals surface area contributed by atoms with Crippen LogP contribution >= 0.6 is 0 Å². The number of hydrogen-bond acceptors (Lipinski definition) is 2. The molecule has 1 rings (SSSR count). The highest BCUT2D eigenvalue weighted by Crippen LogP contribution is 2.26. The van der Waals surface area contributed by atoms with E-state index in [1.54, 1.807) is 0 Å². The van der Waals surface area contributed by atoms with Gasteiger partial charge in [0.05, 0.1) is 12.8 Å². The predicted octanol–water partition coefficient (Wildman–Crippen LogP) is 4.27. The first-order chi connectivity index (χ1) is 10.2. The van der Waals surface area contributed by atoms with E-state index in [1.807, 2.05) is 13.1 Å². The Kier molecular flexibility index (Phi) is 8.86. The fourth-order valence-corrected chi connectivity index (χ4v) is 3.25. The highest BCUT2D eigenvalue weighted by atomic mass is 16.3. The first-order valence-electron chi connectivity index (χ1n) is 8.88. The molecule has 0 fully saturated rings. The largest absolute Gasteiger partial charge is 0.345 e. The molecule has 0 aromatic rings. The summed E-state index contributed by atoms with van der Waals surface area (Å²) in [6, 6.07) is 0. The molecule has 1 N–H and O–H groups in total. The van der Waals surface area contributed by atoms with E-state index < -0.39 is 0 Å². The quantitative estimate of drug-likeness (QED) is 0.345. The summed E-state index contributed by atoms with van der Waals surface area (Å²) in [4.78, 5) is 4.62. The Morgan fingerprint density at radius 2 is 1.86 bits per heavy atom. The zero-order valence-electron chi connectivity index (χ0n) is 14.3. The maximum Gasteiger partial charge on any atom is 0.189 e. The number of hydrogen-bond donors (Lipinski definition) is 1. The number of quaternary nitrogens is 1. The van der Waals surface area contributed by atoms with Gasteiger partial charge in [0.25, 0.3) is 0 Å². The summed E-state index contributed by atoms with van der Waals surface area (Å²) < 4.78 is 0.729. The molecule has 122 valence electrons. The van der Waals surface area contributed by atoms with Crippen LogP contribution in [0.5, 0.6) is 0 Å². The molecule has 3 heteroatoms. The fourth-order valence-electron chi connectivity index (χ4n) is 3.25. The lowest BCUT2D eigenvalue weighted by molar-refractivity contribution is -0.976. The molecule has 1 heterocycles. The molecule has 0 spiro atoms. The van der Waals surface area contributed by atoms with Crippen molar-refractivity contribution >= 4 is 6.21 Å². The van der Waals surface area contributed by atoms with Gasteiger partial charge in [-0.25, -0.2) is 4.99 Å². The number of allylic oxidation sites excluding steroid dienone is 2. The second kappa shape index (κ2) is 10.1. The van der Waals surface area contributed by atoms with Gasteiger partial charge in [-0.1, -0.05) is 31.9 Å². The van der Waals surface area contributed by atoms with Crippen LogP contribution in [0.15, 0.2) is 17.1 Å². The predicted molar refractivity (Wildman–Crippen MR) is 91.4 cm³/mol. The van der Waals surface area contributed by atoms with Gasteiger partial charge in [0.1, 0.15) is 6.54 Å². The van der Waals surface area contributed by atoms with E-state index in [9.17, 15) is 5.11 Å². The third-order valence-electron chi connectivity index (χ3n) is 4.85. The van der Waals surface area contributed by atoms with Gasteiger partial charge < -0.3 is 5.11 Å². The van der Waals surface area contributed by atoms with Crippen molar-refractivity contribution in [3.8, 4) is 0 Å². The molecule has 0 amide bonds. The van der Waals surface area contributed by atoms with E-state index in [2.05, 4.69) is 31.0 Å². The summed E-state index contributed by atoms with van der Waals surface area (Å²) >= 11 is 0. The summed E-state index contributed by atoms with van der Waals surface area (Å²) in [5, 5.41) is 10.1. The minimum atomic E-state index is -0.319.